The third kappa shape index (κ3) is 3.96. The molecular formula is C22H33N3O. The maximum absolute atomic E-state index is 12.7. The summed E-state index contributed by atoms with van der Waals surface area (Å²) in [5.41, 5.74) is 2.96. The van der Waals surface area contributed by atoms with Crippen molar-refractivity contribution in [2.24, 2.45) is 17.3 Å². The third-order valence-corrected chi connectivity index (χ3v) is 6.81. The summed E-state index contributed by atoms with van der Waals surface area (Å²) in [5, 5.41) is 6.65. The van der Waals surface area contributed by atoms with Crippen molar-refractivity contribution < 1.29 is 4.79 Å². The molecule has 0 bridgehead atoms. The Hall–Kier alpha value is -1.39. The van der Waals surface area contributed by atoms with Gasteiger partial charge in [0, 0.05) is 25.6 Å². The van der Waals surface area contributed by atoms with Crippen LogP contribution in [0.1, 0.15) is 50.2 Å². The van der Waals surface area contributed by atoms with E-state index in [0.29, 0.717) is 12.0 Å². The molecule has 2 atom stereocenters. The van der Waals surface area contributed by atoms with Crippen LogP contribution in [0.25, 0.3) is 0 Å². The van der Waals surface area contributed by atoms with Crippen molar-refractivity contribution >= 4 is 5.91 Å². The van der Waals surface area contributed by atoms with Crippen LogP contribution in [0.5, 0.6) is 0 Å². The smallest absolute Gasteiger partial charge is 0.223 e. The Balaban J connectivity index is 1.33. The number of carbonyl (C=O) groups excluding carboxylic acids is 1. The summed E-state index contributed by atoms with van der Waals surface area (Å²) in [4.78, 5) is 15.2. The average molecular weight is 356 g/mol. The average Bonchev–Trinajstić information content (AvgIpc) is 3.34. The summed E-state index contributed by atoms with van der Waals surface area (Å²) < 4.78 is 0. The molecule has 2 heterocycles. The van der Waals surface area contributed by atoms with E-state index in [4.69, 9.17) is 0 Å². The van der Waals surface area contributed by atoms with E-state index in [1.54, 1.807) is 0 Å². The summed E-state index contributed by atoms with van der Waals surface area (Å²) >= 11 is 0. The van der Waals surface area contributed by atoms with Crippen molar-refractivity contribution in [3.05, 3.63) is 35.4 Å². The second kappa shape index (κ2) is 7.69. The van der Waals surface area contributed by atoms with Gasteiger partial charge in [-0.3, -0.25) is 9.69 Å². The van der Waals surface area contributed by atoms with Gasteiger partial charge in [0.1, 0.15) is 0 Å². The van der Waals surface area contributed by atoms with E-state index in [2.05, 4.69) is 46.7 Å². The second-order valence-corrected chi connectivity index (χ2v) is 8.84. The molecule has 1 aromatic rings. The lowest BCUT2D eigenvalue weighted by Crippen LogP contribution is -2.35. The molecule has 2 N–H and O–H groups in total. The molecule has 4 nitrogen and oxygen atoms in total. The first-order valence-electron chi connectivity index (χ1n) is 10.4. The van der Waals surface area contributed by atoms with Gasteiger partial charge < -0.3 is 10.6 Å². The highest BCUT2D eigenvalue weighted by molar-refractivity contribution is 5.82. The van der Waals surface area contributed by atoms with Gasteiger partial charge in [-0.1, -0.05) is 31.2 Å². The number of nitrogens with zero attached hydrogens (tertiary/aromatic N) is 1. The molecule has 2 unspecified atom stereocenters. The molecule has 142 valence electrons. The first-order valence-corrected chi connectivity index (χ1v) is 10.4. The number of likely N-dealkylation sites (tertiary alicyclic amines) is 1. The second-order valence-electron chi connectivity index (χ2n) is 8.84. The zero-order valence-corrected chi connectivity index (χ0v) is 16.1. The molecule has 0 aromatic heterocycles. The first-order chi connectivity index (χ1) is 12.7. The Morgan fingerprint density at radius 1 is 1.27 bits per heavy atom. The van der Waals surface area contributed by atoms with Crippen LogP contribution in [0.4, 0.5) is 0 Å². The topological polar surface area (TPSA) is 44.4 Å². The maximum Gasteiger partial charge on any atom is 0.223 e. The van der Waals surface area contributed by atoms with Crippen molar-refractivity contribution in [3.8, 4) is 0 Å². The summed E-state index contributed by atoms with van der Waals surface area (Å²) in [6.07, 6.45) is 6.07. The fraction of sp³-hybridized carbons (Fsp3) is 0.682. The number of carbonyl (C=O) groups is 1. The van der Waals surface area contributed by atoms with E-state index < -0.39 is 0 Å². The van der Waals surface area contributed by atoms with Crippen molar-refractivity contribution in [3.63, 3.8) is 0 Å². The quantitative estimate of drug-likeness (QED) is 0.854. The highest BCUT2D eigenvalue weighted by atomic mass is 16.2. The van der Waals surface area contributed by atoms with Gasteiger partial charge in [-0.05, 0) is 74.2 Å². The van der Waals surface area contributed by atoms with E-state index in [1.807, 2.05) is 0 Å². The molecule has 2 aliphatic heterocycles. The molecule has 3 fully saturated rings. The SMILES string of the molecule is CC1CCCN(Cc2ccccc2CNC(=O)C2CC23CCNCC3)C1. The molecule has 3 aliphatic rings. The standard InChI is InChI=1S/C22H33N3O/c1-17-5-4-12-25(15-17)16-19-7-3-2-6-18(19)14-24-21(26)20-13-22(20)8-10-23-11-9-22/h2-3,6-7,17,20,23H,4-5,8-16H2,1H3,(H,24,26). The lowest BCUT2D eigenvalue weighted by molar-refractivity contribution is -0.123. The minimum Gasteiger partial charge on any atom is -0.352 e. The third-order valence-electron chi connectivity index (χ3n) is 6.81. The summed E-state index contributed by atoms with van der Waals surface area (Å²) in [7, 11) is 0. The lowest BCUT2D eigenvalue weighted by atomic mass is 9.91. The Morgan fingerprint density at radius 3 is 2.81 bits per heavy atom. The summed E-state index contributed by atoms with van der Waals surface area (Å²) in [6, 6.07) is 8.62. The molecule has 26 heavy (non-hydrogen) atoms. The zero-order valence-electron chi connectivity index (χ0n) is 16.1. The molecule has 4 heteroatoms. The van der Waals surface area contributed by atoms with E-state index in [1.165, 1.54) is 37.1 Å². The number of nitrogens with one attached hydrogen (secondary N) is 2. The van der Waals surface area contributed by atoms with Crippen LogP contribution in [-0.4, -0.2) is 37.0 Å². The van der Waals surface area contributed by atoms with Gasteiger partial charge >= 0.3 is 0 Å². The van der Waals surface area contributed by atoms with E-state index in [0.717, 1.165) is 44.8 Å². The first kappa shape index (κ1) is 18.0. The van der Waals surface area contributed by atoms with Crippen molar-refractivity contribution in [1.29, 1.82) is 0 Å². The van der Waals surface area contributed by atoms with E-state index in [-0.39, 0.29) is 11.8 Å². The van der Waals surface area contributed by atoms with Crippen LogP contribution < -0.4 is 10.6 Å². The van der Waals surface area contributed by atoms with E-state index in [9.17, 15) is 4.79 Å². The summed E-state index contributed by atoms with van der Waals surface area (Å²) in [6.45, 7) is 8.56. The molecule has 4 rings (SSSR count). The van der Waals surface area contributed by atoms with Crippen LogP contribution >= 0.6 is 0 Å². The van der Waals surface area contributed by atoms with Crippen LogP contribution in [0.2, 0.25) is 0 Å². The number of rotatable bonds is 5. The molecule has 1 spiro atoms. The number of benzene rings is 1. The van der Waals surface area contributed by atoms with E-state index >= 15 is 0 Å². The largest absolute Gasteiger partial charge is 0.352 e. The Kier molecular flexibility index (Phi) is 5.32. The van der Waals surface area contributed by atoms with Gasteiger partial charge in [0.15, 0.2) is 0 Å². The van der Waals surface area contributed by atoms with Gasteiger partial charge in [-0.25, -0.2) is 0 Å². The van der Waals surface area contributed by atoms with Crippen LogP contribution in [-0.2, 0) is 17.9 Å². The predicted molar refractivity (Wildman–Crippen MR) is 105 cm³/mol. The van der Waals surface area contributed by atoms with Crippen molar-refractivity contribution in [2.45, 2.75) is 52.1 Å². The Morgan fingerprint density at radius 2 is 2.04 bits per heavy atom. The maximum atomic E-state index is 12.7. The lowest BCUT2D eigenvalue weighted by Gasteiger charge is -2.31. The van der Waals surface area contributed by atoms with Gasteiger partial charge in [0.05, 0.1) is 0 Å². The Bertz CT molecular complexity index is 638. The fourth-order valence-electron chi connectivity index (χ4n) is 5.06. The monoisotopic (exact) mass is 355 g/mol. The normalized spacial score (nSPS) is 28.0. The predicted octanol–water partition coefficient (Wildman–Crippen LogP) is 2.92. The molecule has 0 radical (unpaired) electrons. The zero-order chi connectivity index (χ0) is 18.0. The highest BCUT2D eigenvalue weighted by Gasteiger charge is 2.57. The summed E-state index contributed by atoms with van der Waals surface area (Å²) in [5.74, 6) is 1.32. The molecule has 1 aromatic carbocycles. The minimum atomic E-state index is 0.250. The van der Waals surface area contributed by atoms with Gasteiger partial charge in [0.2, 0.25) is 5.91 Å². The number of piperidine rings is 2. The van der Waals surface area contributed by atoms with Gasteiger partial charge in [0.25, 0.3) is 0 Å². The molecular weight excluding hydrogens is 322 g/mol. The highest BCUT2D eigenvalue weighted by Crippen LogP contribution is 2.58. The van der Waals surface area contributed by atoms with Gasteiger partial charge in [-0.2, -0.15) is 0 Å². The molecule has 1 saturated carbocycles. The molecule has 1 amide bonds. The number of amides is 1. The number of hydrogen-bond acceptors (Lipinski definition) is 3. The van der Waals surface area contributed by atoms with Crippen molar-refractivity contribution in [1.82, 2.24) is 15.5 Å². The fourth-order valence-corrected chi connectivity index (χ4v) is 5.06. The molecule has 1 aliphatic carbocycles. The van der Waals surface area contributed by atoms with Crippen LogP contribution in [0.15, 0.2) is 24.3 Å². The molecule has 2 saturated heterocycles. The number of hydrogen-bond donors (Lipinski definition) is 2. The van der Waals surface area contributed by atoms with Crippen LogP contribution in [0, 0.1) is 17.3 Å². The van der Waals surface area contributed by atoms with Crippen molar-refractivity contribution in [2.75, 3.05) is 26.2 Å². The van der Waals surface area contributed by atoms with Crippen LogP contribution in [0.3, 0.4) is 0 Å². The Labute approximate surface area is 157 Å². The van der Waals surface area contributed by atoms with Gasteiger partial charge in [-0.15, -0.1) is 0 Å². The minimum absolute atomic E-state index is 0.250.